The number of rotatable bonds is 1. The van der Waals surface area contributed by atoms with Crippen LogP contribution in [0.15, 0.2) is 42.5 Å². The van der Waals surface area contributed by atoms with Gasteiger partial charge in [-0.1, -0.05) is 36.4 Å². The molecule has 0 atom stereocenters. The third-order valence-electron chi connectivity index (χ3n) is 2.64. The van der Waals surface area contributed by atoms with E-state index in [4.69, 9.17) is 0 Å². The fourth-order valence-corrected chi connectivity index (χ4v) is 1.83. The molecule has 0 aliphatic carbocycles. The topological polar surface area (TPSA) is 0 Å². The van der Waals surface area contributed by atoms with Crippen molar-refractivity contribution >= 4 is 0 Å². The van der Waals surface area contributed by atoms with E-state index in [9.17, 15) is 4.39 Å². The summed E-state index contributed by atoms with van der Waals surface area (Å²) in [5.74, 6) is -0.149. The number of halogens is 1. The van der Waals surface area contributed by atoms with Gasteiger partial charge in [0.25, 0.3) is 0 Å². The highest BCUT2D eigenvalue weighted by molar-refractivity contribution is 5.70. The van der Waals surface area contributed by atoms with Crippen LogP contribution in [0.3, 0.4) is 0 Å². The van der Waals surface area contributed by atoms with Crippen molar-refractivity contribution < 1.29 is 4.39 Å². The molecule has 2 rings (SSSR count). The van der Waals surface area contributed by atoms with E-state index in [2.05, 4.69) is 0 Å². The first-order valence-corrected chi connectivity index (χ1v) is 5.01. The lowest BCUT2D eigenvalue weighted by Crippen LogP contribution is -1.90. The zero-order valence-corrected chi connectivity index (χ0v) is 8.92. The van der Waals surface area contributed by atoms with Gasteiger partial charge in [-0.05, 0) is 36.6 Å². The lowest BCUT2D eigenvalue weighted by Gasteiger charge is -2.09. The zero-order chi connectivity index (χ0) is 10.8. The molecule has 2 aromatic rings. The Morgan fingerprint density at radius 2 is 1.47 bits per heavy atom. The number of hydrogen-bond donors (Lipinski definition) is 0. The van der Waals surface area contributed by atoms with Gasteiger partial charge in [-0.3, -0.25) is 0 Å². The molecule has 0 heterocycles. The smallest absolute Gasteiger partial charge is 0.131 e. The Morgan fingerprint density at radius 1 is 0.800 bits per heavy atom. The van der Waals surface area contributed by atoms with Gasteiger partial charge >= 0.3 is 0 Å². The van der Waals surface area contributed by atoms with Crippen LogP contribution >= 0.6 is 0 Å². The highest BCUT2D eigenvalue weighted by atomic mass is 19.1. The average molecular weight is 200 g/mol. The molecule has 0 bridgehead atoms. The van der Waals surface area contributed by atoms with Gasteiger partial charge in [0.15, 0.2) is 0 Å². The molecule has 1 heteroatoms. The summed E-state index contributed by atoms with van der Waals surface area (Å²) in [6.07, 6.45) is 0. The first-order valence-electron chi connectivity index (χ1n) is 5.01. The third-order valence-corrected chi connectivity index (χ3v) is 2.64. The molecule has 15 heavy (non-hydrogen) atoms. The van der Waals surface area contributed by atoms with E-state index in [0.717, 1.165) is 22.3 Å². The molecular formula is C14H13F. The van der Waals surface area contributed by atoms with Crippen LogP contribution in [0.4, 0.5) is 4.39 Å². The van der Waals surface area contributed by atoms with Crippen molar-refractivity contribution in [3.05, 3.63) is 59.4 Å². The molecule has 0 radical (unpaired) electrons. The molecule has 0 nitrogen and oxygen atoms in total. The van der Waals surface area contributed by atoms with Crippen LogP contribution in [-0.2, 0) is 0 Å². The molecule has 0 N–H and O–H groups in total. The van der Waals surface area contributed by atoms with E-state index in [1.165, 1.54) is 6.07 Å². The summed E-state index contributed by atoms with van der Waals surface area (Å²) >= 11 is 0. The number of hydrogen-bond acceptors (Lipinski definition) is 0. The lowest BCUT2D eigenvalue weighted by molar-refractivity contribution is 0.630. The Kier molecular flexibility index (Phi) is 2.55. The summed E-state index contributed by atoms with van der Waals surface area (Å²) in [7, 11) is 0. The first-order chi connectivity index (χ1) is 7.20. The predicted octanol–water partition coefficient (Wildman–Crippen LogP) is 4.11. The predicted molar refractivity (Wildman–Crippen MR) is 61.3 cm³/mol. The van der Waals surface area contributed by atoms with Crippen LogP contribution in [0.5, 0.6) is 0 Å². The van der Waals surface area contributed by atoms with E-state index in [1.54, 1.807) is 6.07 Å². The second-order valence-corrected chi connectivity index (χ2v) is 3.75. The quantitative estimate of drug-likeness (QED) is 0.649. The van der Waals surface area contributed by atoms with Gasteiger partial charge < -0.3 is 0 Å². The van der Waals surface area contributed by atoms with Crippen LogP contribution in [0, 0.1) is 19.7 Å². The van der Waals surface area contributed by atoms with Crippen molar-refractivity contribution in [2.24, 2.45) is 0 Å². The molecule has 76 valence electrons. The first kappa shape index (κ1) is 9.91. The van der Waals surface area contributed by atoms with E-state index in [0.29, 0.717) is 0 Å². The van der Waals surface area contributed by atoms with E-state index in [-0.39, 0.29) is 5.82 Å². The highest BCUT2D eigenvalue weighted by Crippen LogP contribution is 2.28. The van der Waals surface area contributed by atoms with Gasteiger partial charge in [0, 0.05) is 5.56 Å². The minimum absolute atomic E-state index is 0.149. The van der Waals surface area contributed by atoms with Crippen LogP contribution < -0.4 is 0 Å². The minimum Gasteiger partial charge on any atom is -0.206 e. The Labute approximate surface area is 89.4 Å². The SMILES string of the molecule is Cc1ccccc1-c1c(C)cccc1F. The molecule has 0 aliphatic rings. The van der Waals surface area contributed by atoms with Gasteiger partial charge in [0.1, 0.15) is 5.82 Å². The molecule has 0 aromatic heterocycles. The molecular weight excluding hydrogens is 187 g/mol. The van der Waals surface area contributed by atoms with E-state index >= 15 is 0 Å². The van der Waals surface area contributed by atoms with Crippen molar-refractivity contribution in [2.45, 2.75) is 13.8 Å². The lowest BCUT2D eigenvalue weighted by atomic mass is 9.96. The van der Waals surface area contributed by atoms with Crippen molar-refractivity contribution in [2.75, 3.05) is 0 Å². The fraction of sp³-hybridized carbons (Fsp3) is 0.143. The van der Waals surface area contributed by atoms with Gasteiger partial charge in [-0.2, -0.15) is 0 Å². The van der Waals surface area contributed by atoms with Gasteiger partial charge in [0.2, 0.25) is 0 Å². The van der Waals surface area contributed by atoms with Crippen LogP contribution in [0.25, 0.3) is 11.1 Å². The molecule has 0 amide bonds. The zero-order valence-electron chi connectivity index (χ0n) is 8.92. The summed E-state index contributed by atoms with van der Waals surface area (Å²) < 4.78 is 13.7. The monoisotopic (exact) mass is 200 g/mol. The Balaban J connectivity index is 2.69. The van der Waals surface area contributed by atoms with Crippen molar-refractivity contribution in [1.29, 1.82) is 0 Å². The minimum atomic E-state index is -0.149. The molecule has 0 spiro atoms. The Bertz CT molecular complexity index is 466. The molecule has 2 aromatic carbocycles. The van der Waals surface area contributed by atoms with Crippen molar-refractivity contribution in [3.8, 4) is 11.1 Å². The number of aryl methyl sites for hydroxylation is 2. The van der Waals surface area contributed by atoms with Crippen LogP contribution in [-0.4, -0.2) is 0 Å². The van der Waals surface area contributed by atoms with Gasteiger partial charge in [-0.25, -0.2) is 4.39 Å². The second-order valence-electron chi connectivity index (χ2n) is 3.75. The molecule has 0 fully saturated rings. The summed E-state index contributed by atoms with van der Waals surface area (Å²) in [5, 5.41) is 0. The third kappa shape index (κ3) is 1.78. The Hall–Kier alpha value is -1.63. The maximum atomic E-state index is 13.7. The summed E-state index contributed by atoms with van der Waals surface area (Å²) in [6, 6.07) is 13.1. The largest absolute Gasteiger partial charge is 0.206 e. The summed E-state index contributed by atoms with van der Waals surface area (Å²) in [4.78, 5) is 0. The Morgan fingerprint density at radius 3 is 2.13 bits per heavy atom. The van der Waals surface area contributed by atoms with Gasteiger partial charge in [0.05, 0.1) is 0 Å². The fourth-order valence-electron chi connectivity index (χ4n) is 1.83. The van der Waals surface area contributed by atoms with Crippen molar-refractivity contribution in [1.82, 2.24) is 0 Å². The van der Waals surface area contributed by atoms with E-state index < -0.39 is 0 Å². The molecule has 0 saturated heterocycles. The maximum absolute atomic E-state index is 13.7. The van der Waals surface area contributed by atoms with Crippen LogP contribution in [0.2, 0.25) is 0 Å². The molecule has 0 aliphatic heterocycles. The summed E-state index contributed by atoms with van der Waals surface area (Å²) in [6.45, 7) is 3.94. The summed E-state index contributed by atoms with van der Waals surface area (Å²) in [5.41, 5.74) is 3.78. The second kappa shape index (κ2) is 3.85. The highest BCUT2D eigenvalue weighted by Gasteiger charge is 2.09. The molecule has 0 unspecified atom stereocenters. The van der Waals surface area contributed by atoms with Crippen LogP contribution in [0.1, 0.15) is 11.1 Å². The average Bonchev–Trinajstić information content (AvgIpc) is 2.20. The standard InChI is InChI=1S/C14H13F/c1-10-6-3-4-8-12(10)14-11(2)7-5-9-13(14)15/h3-9H,1-2H3. The van der Waals surface area contributed by atoms with E-state index in [1.807, 2.05) is 44.2 Å². The number of benzene rings is 2. The van der Waals surface area contributed by atoms with Crippen molar-refractivity contribution in [3.63, 3.8) is 0 Å². The normalized spacial score (nSPS) is 10.3. The maximum Gasteiger partial charge on any atom is 0.131 e. The molecule has 0 saturated carbocycles. The van der Waals surface area contributed by atoms with Gasteiger partial charge in [-0.15, -0.1) is 0 Å².